The van der Waals surface area contributed by atoms with Gasteiger partial charge >= 0.3 is 0 Å². The fourth-order valence-corrected chi connectivity index (χ4v) is 3.77. The Hall–Kier alpha value is -1.15. The lowest BCUT2D eigenvalue weighted by atomic mass is 10.2. The largest absolute Gasteiger partial charge is 0.487 e. The van der Waals surface area contributed by atoms with Crippen LogP contribution in [0.1, 0.15) is 13.3 Å². The molecule has 0 fully saturated rings. The van der Waals surface area contributed by atoms with Crippen LogP contribution in [0.3, 0.4) is 0 Å². The average Bonchev–Trinajstić information content (AvgIpc) is 2.42. The number of ether oxygens (including phenoxy) is 1. The first kappa shape index (κ1) is 17.9. The van der Waals surface area contributed by atoms with E-state index in [1.165, 1.54) is 0 Å². The molecule has 0 N–H and O–H groups in total. The van der Waals surface area contributed by atoms with Gasteiger partial charge in [-0.3, -0.25) is 0 Å². The molecule has 0 heterocycles. The number of halogens is 5. The van der Waals surface area contributed by atoms with Crippen LogP contribution in [0.2, 0.25) is 19.1 Å². The van der Waals surface area contributed by atoms with Crippen molar-refractivity contribution in [3.05, 3.63) is 29.1 Å². The van der Waals surface area contributed by atoms with Crippen molar-refractivity contribution in [2.45, 2.75) is 32.5 Å². The fraction of sp³-hybridized carbons (Fsp3) is 0.538. The quantitative estimate of drug-likeness (QED) is 0.243. The van der Waals surface area contributed by atoms with Crippen molar-refractivity contribution in [2.75, 3.05) is 13.2 Å². The molecular weight excluding hydrogens is 311 g/mol. The maximum absolute atomic E-state index is 13.3. The zero-order valence-corrected chi connectivity index (χ0v) is 13.0. The molecule has 8 heteroatoms. The van der Waals surface area contributed by atoms with Gasteiger partial charge in [0.1, 0.15) is 0 Å². The summed E-state index contributed by atoms with van der Waals surface area (Å²) in [5, 5.41) is 0. The molecule has 1 aromatic rings. The summed E-state index contributed by atoms with van der Waals surface area (Å²) < 4.78 is 75.6. The summed E-state index contributed by atoms with van der Waals surface area (Å²) in [4.78, 5) is 0. The van der Waals surface area contributed by atoms with E-state index in [-0.39, 0.29) is 6.61 Å². The molecule has 1 rings (SSSR count). The SMILES string of the molecule is CCO[Si](C)(C)CCCOc1c(F)c(F)c(F)c(F)c1F. The summed E-state index contributed by atoms with van der Waals surface area (Å²) in [5.74, 6) is -11.3. The van der Waals surface area contributed by atoms with Crippen molar-refractivity contribution in [3.8, 4) is 5.75 Å². The molecule has 0 spiro atoms. The first-order chi connectivity index (χ1) is 9.71. The molecule has 0 amide bonds. The lowest BCUT2D eigenvalue weighted by Crippen LogP contribution is -2.30. The summed E-state index contributed by atoms with van der Waals surface area (Å²) >= 11 is 0. The molecule has 0 saturated heterocycles. The Labute approximate surface area is 121 Å². The topological polar surface area (TPSA) is 18.5 Å². The van der Waals surface area contributed by atoms with Crippen LogP contribution >= 0.6 is 0 Å². The third-order valence-corrected chi connectivity index (χ3v) is 5.50. The third kappa shape index (κ3) is 4.41. The number of hydrogen-bond donors (Lipinski definition) is 0. The number of hydrogen-bond acceptors (Lipinski definition) is 2. The molecule has 0 atom stereocenters. The molecule has 21 heavy (non-hydrogen) atoms. The Kier molecular flexibility index (Phi) is 6.15. The van der Waals surface area contributed by atoms with Gasteiger partial charge in [-0.25, -0.2) is 13.2 Å². The van der Waals surface area contributed by atoms with Crippen molar-refractivity contribution in [3.63, 3.8) is 0 Å². The molecule has 0 saturated carbocycles. The van der Waals surface area contributed by atoms with Crippen molar-refractivity contribution in [1.82, 2.24) is 0 Å². The minimum absolute atomic E-state index is 0.151. The second kappa shape index (κ2) is 7.21. The molecule has 0 aliphatic rings. The molecule has 0 aliphatic heterocycles. The Bertz CT molecular complexity index is 479. The molecular formula is C13H17F5O2Si. The average molecular weight is 328 g/mol. The number of rotatable bonds is 7. The van der Waals surface area contributed by atoms with Crippen LogP contribution in [-0.2, 0) is 4.43 Å². The minimum Gasteiger partial charge on any atom is -0.487 e. The van der Waals surface area contributed by atoms with Crippen LogP contribution in [0.15, 0.2) is 0 Å². The lowest BCUT2D eigenvalue weighted by Gasteiger charge is -2.21. The summed E-state index contributed by atoms with van der Waals surface area (Å²) in [6.07, 6.45) is 0.402. The summed E-state index contributed by atoms with van der Waals surface area (Å²) in [5.41, 5.74) is 0. The summed E-state index contributed by atoms with van der Waals surface area (Å²) in [6, 6.07) is 0.649. The van der Waals surface area contributed by atoms with Crippen LogP contribution in [0.25, 0.3) is 0 Å². The predicted molar refractivity (Wildman–Crippen MR) is 70.3 cm³/mol. The molecule has 0 aromatic heterocycles. The maximum Gasteiger partial charge on any atom is 0.206 e. The highest BCUT2D eigenvalue weighted by Crippen LogP contribution is 2.29. The third-order valence-electron chi connectivity index (χ3n) is 2.87. The van der Waals surface area contributed by atoms with Gasteiger partial charge in [0.25, 0.3) is 0 Å². The van der Waals surface area contributed by atoms with Gasteiger partial charge in [0, 0.05) is 6.61 Å². The van der Waals surface area contributed by atoms with Crippen LogP contribution < -0.4 is 4.74 Å². The zero-order chi connectivity index (χ0) is 16.2. The molecule has 2 nitrogen and oxygen atoms in total. The first-order valence-corrected chi connectivity index (χ1v) is 9.61. The Morgan fingerprint density at radius 1 is 0.857 bits per heavy atom. The normalized spacial score (nSPS) is 11.8. The maximum atomic E-state index is 13.3. The van der Waals surface area contributed by atoms with Gasteiger partial charge in [-0.1, -0.05) is 0 Å². The van der Waals surface area contributed by atoms with E-state index < -0.39 is 43.2 Å². The first-order valence-electron chi connectivity index (χ1n) is 6.49. The van der Waals surface area contributed by atoms with Gasteiger partial charge < -0.3 is 9.16 Å². The smallest absolute Gasteiger partial charge is 0.206 e. The fourth-order valence-electron chi connectivity index (χ4n) is 1.85. The zero-order valence-electron chi connectivity index (χ0n) is 12.0. The minimum atomic E-state index is -2.19. The summed E-state index contributed by atoms with van der Waals surface area (Å²) in [6.45, 7) is 6.21. The Morgan fingerprint density at radius 3 is 1.81 bits per heavy atom. The van der Waals surface area contributed by atoms with Crippen molar-refractivity contribution in [1.29, 1.82) is 0 Å². The van der Waals surface area contributed by atoms with Gasteiger partial charge in [0.15, 0.2) is 14.1 Å². The van der Waals surface area contributed by atoms with Crippen molar-refractivity contribution >= 4 is 8.32 Å². The second-order valence-electron chi connectivity index (χ2n) is 5.04. The molecule has 0 aliphatic carbocycles. The van der Waals surface area contributed by atoms with Crippen LogP contribution in [0.4, 0.5) is 22.0 Å². The van der Waals surface area contributed by atoms with Crippen molar-refractivity contribution in [2.24, 2.45) is 0 Å². The van der Waals surface area contributed by atoms with Gasteiger partial charge in [0.2, 0.25) is 29.1 Å². The van der Waals surface area contributed by atoms with E-state index >= 15 is 0 Å². The molecule has 120 valence electrons. The van der Waals surface area contributed by atoms with Crippen LogP contribution in [0, 0.1) is 29.1 Å². The number of benzene rings is 1. The molecule has 0 bridgehead atoms. The van der Waals surface area contributed by atoms with E-state index in [4.69, 9.17) is 9.16 Å². The highest BCUT2D eigenvalue weighted by atomic mass is 28.4. The lowest BCUT2D eigenvalue weighted by molar-refractivity contribution is 0.258. The molecule has 1 aromatic carbocycles. The van der Waals surface area contributed by atoms with Gasteiger partial charge in [0.05, 0.1) is 6.61 Å². The van der Waals surface area contributed by atoms with E-state index in [0.29, 0.717) is 19.1 Å². The van der Waals surface area contributed by atoms with Gasteiger partial charge in [-0.05, 0) is 32.5 Å². The van der Waals surface area contributed by atoms with E-state index in [9.17, 15) is 22.0 Å². The molecule has 0 unspecified atom stereocenters. The summed E-state index contributed by atoms with van der Waals surface area (Å²) in [7, 11) is -1.88. The van der Waals surface area contributed by atoms with E-state index in [1.54, 1.807) is 0 Å². The van der Waals surface area contributed by atoms with E-state index in [1.807, 2.05) is 20.0 Å². The standard InChI is InChI=1S/C13H17F5O2Si/c1-4-20-21(2,3)7-5-6-19-13-11(17)9(15)8(14)10(16)12(13)18/h4-7H2,1-3H3. The highest BCUT2D eigenvalue weighted by molar-refractivity contribution is 6.71. The van der Waals surface area contributed by atoms with Gasteiger partial charge in [-0.15, -0.1) is 0 Å². The highest BCUT2D eigenvalue weighted by Gasteiger charge is 2.27. The molecule has 0 radical (unpaired) electrons. The van der Waals surface area contributed by atoms with Gasteiger partial charge in [-0.2, -0.15) is 8.78 Å². The van der Waals surface area contributed by atoms with Crippen LogP contribution in [-0.4, -0.2) is 21.5 Å². The Balaban J connectivity index is 2.69. The second-order valence-corrected chi connectivity index (χ2v) is 9.35. The van der Waals surface area contributed by atoms with E-state index in [2.05, 4.69) is 0 Å². The predicted octanol–water partition coefficient (Wildman–Crippen LogP) is 4.39. The van der Waals surface area contributed by atoms with E-state index in [0.717, 1.165) is 0 Å². The monoisotopic (exact) mass is 328 g/mol. The van der Waals surface area contributed by atoms with Crippen molar-refractivity contribution < 1.29 is 31.1 Å². The van der Waals surface area contributed by atoms with Crippen LogP contribution in [0.5, 0.6) is 5.75 Å². The Morgan fingerprint density at radius 2 is 1.33 bits per heavy atom.